The standard InChI is InChI=1S/C31H28F3NO3/c1-37-29-17-19(13-14-28(29)31(32,33)34)20-15-21-7-6-8-22(16-20)35(21)30(36)38-18-27-25-11-4-2-9-23(25)24-10-3-5-12-26(24)27/h2-5,9-15,17,21-22,27H,6-8,16,18H2,1H3. The van der Waals surface area contributed by atoms with Crippen LogP contribution in [0.5, 0.6) is 5.75 Å². The highest BCUT2D eigenvalue weighted by atomic mass is 19.4. The lowest BCUT2D eigenvalue weighted by Gasteiger charge is -2.44. The molecule has 3 aliphatic rings. The van der Waals surface area contributed by atoms with Gasteiger partial charge in [0.2, 0.25) is 0 Å². The van der Waals surface area contributed by atoms with Crippen LogP contribution in [0.2, 0.25) is 0 Å². The van der Waals surface area contributed by atoms with Gasteiger partial charge in [0, 0.05) is 12.0 Å². The number of hydrogen-bond donors (Lipinski definition) is 0. The molecular formula is C31H28F3NO3. The maximum absolute atomic E-state index is 13.4. The first-order chi connectivity index (χ1) is 18.3. The molecule has 38 heavy (non-hydrogen) atoms. The van der Waals surface area contributed by atoms with Crippen molar-refractivity contribution in [1.82, 2.24) is 4.90 Å². The van der Waals surface area contributed by atoms with Gasteiger partial charge in [0.1, 0.15) is 12.4 Å². The smallest absolute Gasteiger partial charge is 0.419 e. The van der Waals surface area contributed by atoms with Crippen LogP contribution in [0, 0.1) is 0 Å². The molecule has 0 saturated carbocycles. The van der Waals surface area contributed by atoms with E-state index in [1.54, 1.807) is 0 Å². The number of ether oxygens (including phenoxy) is 2. The molecule has 1 saturated heterocycles. The first-order valence-corrected chi connectivity index (χ1v) is 12.9. The molecule has 2 aliphatic heterocycles. The summed E-state index contributed by atoms with van der Waals surface area (Å²) in [6.07, 6.45) is 0.374. The quantitative estimate of drug-likeness (QED) is 0.355. The Hall–Kier alpha value is -3.74. The average molecular weight is 520 g/mol. The second kappa shape index (κ2) is 9.53. The van der Waals surface area contributed by atoms with Crippen LogP contribution < -0.4 is 4.74 Å². The Bertz CT molecular complexity index is 1370. The van der Waals surface area contributed by atoms with Gasteiger partial charge in [0.05, 0.1) is 18.7 Å². The Labute approximate surface area is 219 Å². The lowest BCUT2D eigenvalue weighted by atomic mass is 9.83. The molecule has 6 rings (SSSR count). The molecule has 3 aromatic rings. The van der Waals surface area contributed by atoms with Crippen molar-refractivity contribution in [3.63, 3.8) is 0 Å². The first-order valence-electron chi connectivity index (χ1n) is 12.9. The molecule has 2 bridgehead atoms. The lowest BCUT2D eigenvalue weighted by molar-refractivity contribution is -0.138. The zero-order chi connectivity index (χ0) is 26.4. The van der Waals surface area contributed by atoms with Gasteiger partial charge in [0.15, 0.2) is 0 Å². The second-order valence-corrected chi connectivity index (χ2v) is 10.2. The molecule has 2 atom stereocenters. The number of benzene rings is 3. The van der Waals surface area contributed by atoms with Crippen LogP contribution in [0.25, 0.3) is 16.7 Å². The summed E-state index contributed by atoms with van der Waals surface area (Å²) < 4.78 is 51.0. The Kier molecular flexibility index (Phi) is 6.17. The molecule has 196 valence electrons. The fourth-order valence-electron chi connectivity index (χ4n) is 6.32. The van der Waals surface area contributed by atoms with Crippen LogP contribution in [0.15, 0.2) is 72.8 Å². The minimum absolute atomic E-state index is 0.0123. The number of amides is 1. The van der Waals surface area contributed by atoms with E-state index in [0.717, 1.165) is 30.9 Å². The summed E-state index contributed by atoms with van der Waals surface area (Å²) in [5, 5.41) is 0. The van der Waals surface area contributed by atoms with E-state index in [-0.39, 0.29) is 36.5 Å². The molecule has 1 aliphatic carbocycles. The van der Waals surface area contributed by atoms with E-state index < -0.39 is 11.7 Å². The summed E-state index contributed by atoms with van der Waals surface area (Å²) in [4.78, 5) is 15.3. The molecule has 4 nitrogen and oxygen atoms in total. The molecule has 0 N–H and O–H groups in total. The van der Waals surface area contributed by atoms with Gasteiger partial charge in [-0.05, 0) is 71.2 Å². The normalized spacial score (nSPS) is 20.4. The molecule has 3 aromatic carbocycles. The van der Waals surface area contributed by atoms with Gasteiger partial charge in [-0.2, -0.15) is 13.2 Å². The fraction of sp³-hybridized carbons (Fsp3) is 0.323. The van der Waals surface area contributed by atoms with Gasteiger partial charge >= 0.3 is 12.3 Å². The van der Waals surface area contributed by atoms with E-state index in [0.29, 0.717) is 12.0 Å². The number of rotatable bonds is 4. The summed E-state index contributed by atoms with van der Waals surface area (Å²) in [6, 6.07) is 20.3. The molecule has 2 heterocycles. The molecule has 0 aromatic heterocycles. The Morgan fingerprint density at radius 3 is 2.29 bits per heavy atom. The van der Waals surface area contributed by atoms with Crippen LogP contribution in [-0.4, -0.2) is 36.8 Å². The van der Waals surface area contributed by atoms with Crippen molar-refractivity contribution < 1.29 is 27.4 Å². The minimum atomic E-state index is -4.48. The largest absolute Gasteiger partial charge is 0.496 e. The Morgan fingerprint density at radius 1 is 0.974 bits per heavy atom. The lowest BCUT2D eigenvalue weighted by Crippen LogP contribution is -2.51. The number of alkyl halides is 3. The van der Waals surface area contributed by atoms with Gasteiger partial charge in [-0.3, -0.25) is 4.90 Å². The van der Waals surface area contributed by atoms with Crippen LogP contribution in [0.4, 0.5) is 18.0 Å². The van der Waals surface area contributed by atoms with Crippen molar-refractivity contribution in [3.05, 3.63) is 95.1 Å². The highest BCUT2D eigenvalue weighted by molar-refractivity contribution is 5.79. The van der Waals surface area contributed by atoms with Crippen LogP contribution in [0.1, 0.15) is 53.9 Å². The molecule has 0 spiro atoms. The van der Waals surface area contributed by atoms with E-state index in [2.05, 4.69) is 24.3 Å². The highest BCUT2D eigenvalue weighted by Gasteiger charge is 2.40. The second-order valence-electron chi connectivity index (χ2n) is 10.2. The zero-order valence-corrected chi connectivity index (χ0v) is 21.0. The third-order valence-electron chi connectivity index (χ3n) is 8.06. The SMILES string of the molecule is COc1cc(C2=CC3CCCC(C2)N3C(=O)OCC2c3ccccc3-c3ccccc32)ccc1C(F)(F)F. The minimum Gasteiger partial charge on any atom is -0.496 e. The maximum atomic E-state index is 13.4. The van der Waals surface area contributed by atoms with E-state index in [1.807, 2.05) is 35.2 Å². The number of methoxy groups -OCH3 is 1. The van der Waals surface area contributed by atoms with Crippen molar-refractivity contribution >= 4 is 11.7 Å². The third-order valence-corrected chi connectivity index (χ3v) is 8.06. The topological polar surface area (TPSA) is 38.8 Å². The Balaban J connectivity index is 1.22. The zero-order valence-electron chi connectivity index (χ0n) is 21.0. The van der Waals surface area contributed by atoms with Crippen molar-refractivity contribution in [2.45, 2.75) is 49.9 Å². The van der Waals surface area contributed by atoms with E-state index in [4.69, 9.17) is 9.47 Å². The Morgan fingerprint density at radius 2 is 1.66 bits per heavy atom. The molecule has 1 amide bonds. The molecule has 0 radical (unpaired) electrons. The highest BCUT2D eigenvalue weighted by Crippen LogP contribution is 2.45. The first kappa shape index (κ1) is 24.6. The van der Waals surface area contributed by atoms with Gasteiger partial charge < -0.3 is 9.47 Å². The van der Waals surface area contributed by atoms with Crippen molar-refractivity contribution in [2.24, 2.45) is 0 Å². The van der Waals surface area contributed by atoms with Gasteiger partial charge in [-0.15, -0.1) is 0 Å². The molecule has 2 unspecified atom stereocenters. The van der Waals surface area contributed by atoms with Gasteiger partial charge in [-0.1, -0.05) is 60.7 Å². The number of hydrogen-bond acceptors (Lipinski definition) is 3. The van der Waals surface area contributed by atoms with Gasteiger partial charge in [0.25, 0.3) is 0 Å². The summed E-state index contributed by atoms with van der Waals surface area (Å²) in [5.74, 6) is -0.207. The predicted octanol–water partition coefficient (Wildman–Crippen LogP) is 7.67. The predicted molar refractivity (Wildman–Crippen MR) is 139 cm³/mol. The van der Waals surface area contributed by atoms with Gasteiger partial charge in [-0.25, -0.2) is 4.79 Å². The average Bonchev–Trinajstić information content (AvgIpc) is 3.23. The van der Waals surface area contributed by atoms with E-state index in [9.17, 15) is 18.0 Å². The van der Waals surface area contributed by atoms with Crippen LogP contribution >= 0.6 is 0 Å². The number of piperidine rings is 1. The van der Waals surface area contributed by atoms with Crippen molar-refractivity contribution in [2.75, 3.05) is 13.7 Å². The summed E-state index contributed by atoms with van der Waals surface area (Å²) >= 11 is 0. The van der Waals surface area contributed by atoms with E-state index in [1.165, 1.54) is 41.5 Å². The van der Waals surface area contributed by atoms with E-state index >= 15 is 0 Å². The number of carbonyl (C=O) groups is 1. The van der Waals surface area contributed by atoms with Crippen molar-refractivity contribution in [3.8, 4) is 16.9 Å². The monoisotopic (exact) mass is 519 g/mol. The van der Waals surface area contributed by atoms with Crippen LogP contribution in [-0.2, 0) is 10.9 Å². The number of carbonyl (C=O) groups excluding carboxylic acids is 1. The fourth-order valence-corrected chi connectivity index (χ4v) is 6.32. The number of halogens is 3. The maximum Gasteiger partial charge on any atom is 0.419 e. The van der Waals surface area contributed by atoms with Crippen LogP contribution in [0.3, 0.4) is 0 Å². The molecule has 7 heteroatoms. The van der Waals surface area contributed by atoms with Crippen molar-refractivity contribution in [1.29, 1.82) is 0 Å². The summed E-state index contributed by atoms with van der Waals surface area (Å²) in [5.41, 5.74) is 5.53. The third kappa shape index (κ3) is 4.24. The number of nitrogens with zero attached hydrogens (tertiary/aromatic N) is 1. The molecular weight excluding hydrogens is 491 g/mol. The molecule has 1 fully saturated rings. The number of fused-ring (bicyclic) bond motifs is 5. The summed E-state index contributed by atoms with van der Waals surface area (Å²) in [7, 11) is 1.25. The summed E-state index contributed by atoms with van der Waals surface area (Å²) in [6.45, 7) is 0.259.